The molecule has 0 saturated carbocycles. The first-order chi connectivity index (χ1) is 21.0. The Kier molecular flexibility index (Phi) is 6.78. The second-order valence-corrected chi connectivity index (χ2v) is 12.6. The average molecular weight is 591 g/mol. The number of allylic oxidation sites excluding steroid dienone is 4. The Morgan fingerprint density at radius 3 is 2.05 bits per heavy atom. The van der Waals surface area contributed by atoms with Crippen LogP contribution in [0.1, 0.15) is 37.8 Å². The summed E-state index contributed by atoms with van der Waals surface area (Å²) in [6.45, 7) is 9.33. The summed E-state index contributed by atoms with van der Waals surface area (Å²) >= 11 is 0. The number of benzene rings is 1. The molecule has 4 saturated heterocycles. The number of fused-ring (bicyclic) bond motifs is 1. The first-order valence-corrected chi connectivity index (χ1v) is 15.3. The number of ether oxygens (including phenoxy) is 8. The zero-order valence-electron chi connectivity index (χ0n) is 24.7. The first kappa shape index (κ1) is 27.3. The quantitative estimate of drug-likeness (QED) is 0.183. The van der Waals surface area contributed by atoms with Crippen LogP contribution in [0.15, 0.2) is 58.4 Å². The predicted octanol–water partition coefficient (Wildman–Crippen LogP) is 4.07. The lowest BCUT2D eigenvalue weighted by atomic mass is 9.84. The lowest BCUT2D eigenvalue weighted by molar-refractivity contribution is 0.139. The summed E-state index contributed by atoms with van der Waals surface area (Å²) in [5.74, 6) is 3.36. The molecule has 1 N–H and O–H groups in total. The monoisotopic (exact) mass is 590 g/mol. The average Bonchev–Trinajstić information content (AvgIpc) is 3.83. The van der Waals surface area contributed by atoms with Gasteiger partial charge in [0, 0.05) is 29.4 Å². The standard InChI is InChI=1S/C33H38N2O8/c1-33(2)27-9-29(42-16-23-13-39-23)32(26(27)8-30(33)43-17-24-14-40-24)35(18-34)31-25-7-20(36-10-21-11-37-21)5-3-19(25)4-6-28(31)41-15-22-12-38-22/h3,5,7-8,18,21-24,34H,4,6,9-17H2,1-2H3. The topological polar surface area (TPSA) is 114 Å². The third-order valence-electron chi connectivity index (χ3n) is 9.02. The van der Waals surface area contributed by atoms with E-state index in [9.17, 15) is 0 Å². The normalized spacial score (nSPS) is 29.1. The van der Waals surface area contributed by atoms with E-state index in [4.69, 9.17) is 43.3 Å². The summed E-state index contributed by atoms with van der Waals surface area (Å²) in [5.41, 5.74) is 5.80. The fourth-order valence-electron chi connectivity index (χ4n) is 6.07. The van der Waals surface area contributed by atoms with E-state index in [-0.39, 0.29) is 29.8 Å². The van der Waals surface area contributed by atoms with Gasteiger partial charge in [-0.05, 0) is 49.6 Å². The molecule has 0 spiro atoms. The smallest absolute Gasteiger partial charge is 0.125 e. The van der Waals surface area contributed by atoms with Gasteiger partial charge in [-0.3, -0.25) is 10.3 Å². The van der Waals surface area contributed by atoms with Gasteiger partial charge in [0.25, 0.3) is 0 Å². The number of rotatable bonds is 15. The van der Waals surface area contributed by atoms with Crippen LogP contribution in [0.25, 0.3) is 5.70 Å². The van der Waals surface area contributed by atoms with E-state index >= 15 is 0 Å². The lowest BCUT2D eigenvalue weighted by Gasteiger charge is -2.32. The van der Waals surface area contributed by atoms with Crippen molar-refractivity contribution in [2.45, 2.75) is 57.5 Å². The maximum absolute atomic E-state index is 8.82. The van der Waals surface area contributed by atoms with Gasteiger partial charge in [0.2, 0.25) is 0 Å². The predicted molar refractivity (Wildman–Crippen MR) is 155 cm³/mol. The van der Waals surface area contributed by atoms with Crippen LogP contribution >= 0.6 is 0 Å². The Labute approximate surface area is 251 Å². The van der Waals surface area contributed by atoms with Crippen molar-refractivity contribution < 1.29 is 37.9 Å². The Morgan fingerprint density at radius 1 is 0.814 bits per heavy atom. The van der Waals surface area contributed by atoms with Crippen LogP contribution in [-0.2, 0) is 39.6 Å². The molecule has 4 heterocycles. The van der Waals surface area contributed by atoms with Crippen molar-refractivity contribution in [2.75, 3.05) is 52.9 Å². The summed E-state index contributed by atoms with van der Waals surface area (Å²) in [7, 11) is 0. The molecule has 0 bridgehead atoms. The molecule has 0 radical (unpaired) electrons. The maximum Gasteiger partial charge on any atom is 0.125 e. The molecule has 1 aromatic carbocycles. The van der Waals surface area contributed by atoms with Gasteiger partial charge in [-0.15, -0.1) is 0 Å². The molecule has 10 nitrogen and oxygen atoms in total. The molecule has 10 heteroatoms. The van der Waals surface area contributed by atoms with Crippen molar-refractivity contribution >= 4 is 12.0 Å². The second kappa shape index (κ2) is 10.7. The molecule has 0 amide bonds. The van der Waals surface area contributed by atoms with E-state index in [1.54, 1.807) is 0 Å². The van der Waals surface area contributed by atoms with Crippen LogP contribution in [0, 0.1) is 10.8 Å². The highest BCUT2D eigenvalue weighted by atomic mass is 16.6. The highest BCUT2D eigenvalue weighted by Crippen LogP contribution is 2.54. The van der Waals surface area contributed by atoms with Gasteiger partial charge in [0.05, 0.1) is 44.2 Å². The zero-order valence-corrected chi connectivity index (χ0v) is 24.7. The van der Waals surface area contributed by atoms with E-state index in [1.807, 2.05) is 11.0 Å². The zero-order chi connectivity index (χ0) is 29.1. The molecule has 43 heavy (non-hydrogen) atoms. The molecule has 4 fully saturated rings. The number of aryl methyl sites for hydroxylation is 1. The summed E-state index contributed by atoms with van der Waals surface area (Å²) in [5, 5.41) is 8.82. The summed E-state index contributed by atoms with van der Waals surface area (Å²) in [4.78, 5) is 1.94. The Hall–Kier alpha value is -3.31. The van der Waals surface area contributed by atoms with E-state index < -0.39 is 0 Å². The molecule has 0 aromatic heterocycles. The van der Waals surface area contributed by atoms with Gasteiger partial charge in [-0.1, -0.05) is 6.07 Å². The number of epoxide rings is 4. The molecule has 8 rings (SSSR count). The minimum absolute atomic E-state index is 0.112. The van der Waals surface area contributed by atoms with Crippen LogP contribution in [0.2, 0.25) is 0 Å². The molecule has 4 atom stereocenters. The van der Waals surface area contributed by atoms with Gasteiger partial charge >= 0.3 is 0 Å². The van der Waals surface area contributed by atoms with E-state index in [2.05, 4.69) is 32.1 Å². The fourth-order valence-corrected chi connectivity index (χ4v) is 6.07. The summed E-state index contributed by atoms with van der Waals surface area (Å²) in [6.07, 6.45) is 6.25. The van der Waals surface area contributed by atoms with Gasteiger partial charge in [-0.25, -0.2) is 0 Å². The van der Waals surface area contributed by atoms with Crippen molar-refractivity contribution in [1.82, 2.24) is 4.90 Å². The van der Waals surface area contributed by atoms with Gasteiger partial charge in [0.15, 0.2) is 0 Å². The third kappa shape index (κ3) is 5.57. The molecular formula is C33H38N2O8. The van der Waals surface area contributed by atoms with Crippen molar-refractivity contribution in [3.63, 3.8) is 0 Å². The van der Waals surface area contributed by atoms with Crippen LogP contribution < -0.4 is 4.74 Å². The van der Waals surface area contributed by atoms with Crippen LogP contribution in [0.4, 0.5) is 0 Å². The number of nitrogens with zero attached hydrogens (tertiary/aromatic N) is 1. The fraction of sp³-hybridized carbons (Fsp3) is 0.545. The van der Waals surface area contributed by atoms with E-state index in [1.165, 1.54) is 17.5 Å². The number of nitrogens with one attached hydrogen (secondary N) is 1. The molecular weight excluding hydrogens is 552 g/mol. The number of hydrogen-bond donors (Lipinski definition) is 1. The Bertz CT molecular complexity index is 1440. The molecule has 4 unspecified atom stereocenters. The van der Waals surface area contributed by atoms with Crippen molar-refractivity contribution in [3.8, 4) is 5.75 Å². The molecule has 3 aliphatic carbocycles. The van der Waals surface area contributed by atoms with Gasteiger partial charge in [0.1, 0.15) is 73.9 Å². The molecule has 4 aliphatic heterocycles. The van der Waals surface area contributed by atoms with Gasteiger partial charge in [-0.2, -0.15) is 0 Å². The van der Waals surface area contributed by atoms with E-state index in [0.29, 0.717) is 46.1 Å². The largest absolute Gasteiger partial charge is 0.494 e. The highest BCUT2D eigenvalue weighted by Gasteiger charge is 2.46. The Balaban J connectivity index is 1.20. The maximum atomic E-state index is 8.82. The summed E-state index contributed by atoms with van der Waals surface area (Å²) < 4.78 is 47.0. The van der Waals surface area contributed by atoms with Crippen LogP contribution in [0.3, 0.4) is 0 Å². The molecule has 228 valence electrons. The van der Waals surface area contributed by atoms with Gasteiger partial charge < -0.3 is 37.9 Å². The van der Waals surface area contributed by atoms with E-state index in [0.717, 1.165) is 71.6 Å². The van der Waals surface area contributed by atoms with Crippen molar-refractivity contribution in [3.05, 3.63) is 69.5 Å². The van der Waals surface area contributed by atoms with Crippen LogP contribution in [0.5, 0.6) is 5.75 Å². The van der Waals surface area contributed by atoms with Crippen LogP contribution in [-0.4, -0.2) is 88.5 Å². The third-order valence-corrected chi connectivity index (χ3v) is 9.02. The minimum atomic E-state index is -0.322. The highest BCUT2D eigenvalue weighted by molar-refractivity contribution is 5.84. The summed E-state index contributed by atoms with van der Waals surface area (Å²) in [6, 6.07) is 6.22. The van der Waals surface area contributed by atoms with Crippen molar-refractivity contribution in [1.29, 1.82) is 5.41 Å². The van der Waals surface area contributed by atoms with Crippen molar-refractivity contribution in [2.24, 2.45) is 5.41 Å². The first-order valence-electron chi connectivity index (χ1n) is 15.3. The number of hydrogen-bond acceptors (Lipinski definition) is 9. The minimum Gasteiger partial charge on any atom is -0.494 e. The lowest BCUT2D eigenvalue weighted by Crippen LogP contribution is -2.26. The Morgan fingerprint density at radius 2 is 1.42 bits per heavy atom. The molecule has 1 aromatic rings. The second-order valence-electron chi connectivity index (χ2n) is 12.6. The SMILES string of the molecule is CC1(C)C(OCC2CO2)=CC2=C1CC(OCC1CO1)=C2N(C=N)C1=C(OCC2CO2)CCc2ccc(OCC3CO3)cc21. The molecule has 7 aliphatic rings.